The van der Waals surface area contributed by atoms with Gasteiger partial charge in [-0.25, -0.2) is 0 Å². The molecular formula is C16H25NO2. The van der Waals surface area contributed by atoms with E-state index in [1.165, 1.54) is 5.56 Å². The van der Waals surface area contributed by atoms with Gasteiger partial charge in [-0.2, -0.15) is 0 Å². The second-order valence-electron chi connectivity index (χ2n) is 5.18. The minimum atomic E-state index is 0.144. The van der Waals surface area contributed by atoms with E-state index in [-0.39, 0.29) is 5.54 Å². The summed E-state index contributed by atoms with van der Waals surface area (Å²) in [6.07, 6.45) is 2.81. The molecule has 0 amide bonds. The van der Waals surface area contributed by atoms with Crippen LogP contribution in [0.1, 0.15) is 32.8 Å². The van der Waals surface area contributed by atoms with E-state index >= 15 is 0 Å². The summed E-state index contributed by atoms with van der Waals surface area (Å²) >= 11 is 0. The second kappa shape index (κ2) is 7.19. The highest BCUT2D eigenvalue weighted by atomic mass is 16.5. The van der Waals surface area contributed by atoms with Crippen LogP contribution in [0.15, 0.2) is 30.9 Å². The third-order valence-electron chi connectivity index (χ3n) is 3.24. The zero-order valence-corrected chi connectivity index (χ0v) is 12.5. The third kappa shape index (κ3) is 4.95. The third-order valence-corrected chi connectivity index (χ3v) is 3.24. The van der Waals surface area contributed by atoms with Crippen LogP contribution in [0.3, 0.4) is 0 Å². The smallest absolute Gasteiger partial charge is 0.161 e. The van der Waals surface area contributed by atoms with Crippen LogP contribution >= 0.6 is 0 Å². The van der Waals surface area contributed by atoms with E-state index in [4.69, 9.17) is 9.47 Å². The Morgan fingerprint density at radius 2 is 2.05 bits per heavy atom. The first-order chi connectivity index (χ1) is 9.02. The van der Waals surface area contributed by atoms with Gasteiger partial charge in [0.2, 0.25) is 0 Å². The molecule has 3 heteroatoms. The molecule has 0 heterocycles. The lowest BCUT2D eigenvalue weighted by Crippen LogP contribution is -2.37. The Morgan fingerprint density at radius 3 is 2.63 bits per heavy atom. The fraction of sp³-hybridized carbons (Fsp3) is 0.500. The first-order valence-corrected chi connectivity index (χ1v) is 6.68. The van der Waals surface area contributed by atoms with E-state index in [2.05, 4.69) is 38.7 Å². The van der Waals surface area contributed by atoms with Crippen LogP contribution in [0.5, 0.6) is 11.5 Å². The van der Waals surface area contributed by atoms with Crippen molar-refractivity contribution in [3.63, 3.8) is 0 Å². The number of benzene rings is 1. The van der Waals surface area contributed by atoms with E-state index in [0.717, 1.165) is 24.5 Å². The summed E-state index contributed by atoms with van der Waals surface area (Å²) in [6, 6.07) is 6.01. The van der Waals surface area contributed by atoms with Gasteiger partial charge in [0.05, 0.1) is 7.11 Å². The van der Waals surface area contributed by atoms with Crippen molar-refractivity contribution in [2.45, 2.75) is 39.3 Å². The molecule has 19 heavy (non-hydrogen) atoms. The molecule has 0 saturated carbocycles. The van der Waals surface area contributed by atoms with Gasteiger partial charge in [-0.15, -0.1) is 0 Å². The predicted molar refractivity (Wildman–Crippen MR) is 79.9 cm³/mol. The van der Waals surface area contributed by atoms with Gasteiger partial charge < -0.3 is 14.8 Å². The highest BCUT2D eigenvalue weighted by molar-refractivity contribution is 5.43. The molecule has 0 aliphatic heterocycles. The normalized spacial score (nSPS) is 11.2. The number of nitrogens with one attached hydrogen (secondary N) is 1. The summed E-state index contributed by atoms with van der Waals surface area (Å²) in [7, 11) is 1.66. The van der Waals surface area contributed by atoms with Crippen molar-refractivity contribution in [3.05, 3.63) is 36.4 Å². The Morgan fingerprint density at radius 1 is 1.32 bits per heavy atom. The average molecular weight is 263 g/mol. The molecule has 1 aromatic rings. The SMILES string of the molecule is C=CCOc1ccc(CNC(C)(C)CC)cc1OC. The predicted octanol–water partition coefficient (Wildman–Crippen LogP) is 3.54. The Bertz CT molecular complexity index is 413. The van der Waals surface area contributed by atoms with Gasteiger partial charge in [0.15, 0.2) is 11.5 Å². The summed E-state index contributed by atoms with van der Waals surface area (Å²) in [5.74, 6) is 1.51. The Labute approximate surface area is 116 Å². The summed E-state index contributed by atoms with van der Waals surface area (Å²) < 4.78 is 10.9. The Kier molecular flexibility index (Phi) is 5.90. The monoisotopic (exact) mass is 263 g/mol. The van der Waals surface area contributed by atoms with Gasteiger partial charge in [0.25, 0.3) is 0 Å². The number of hydrogen-bond donors (Lipinski definition) is 1. The van der Waals surface area contributed by atoms with E-state index in [9.17, 15) is 0 Å². The zero-order chi connectivity index (χ0) is 14.3. The minimum Gasteiger partial charge on any atom is -0.493 e. The lowest BCUT2D eigenvalue weighted by molar-refractivity contribution is 0.325. The van der Waals surface area contributed by atoms with Gasteiger partial charge in [-0.3, -0.25) is 0 Å². The van der Waals surface area contributed by atoms with Crippen molar-refractivity contribution in [2.75, 3.05) is 13.7 Å². The fourth-order valence-electron chi connectivity index (χ4n) is 1.56. The summed E-state index contributed by atoms with van der Waals surface area (Å²) in [5.41, 5.74) is 1.33. The molecule has 1 aromatic carbocycles. The molecule has 0 fully saturated rings. The lowest BCUT2D eigenvalue weighted by atomic mass is 10.0. The maximum Gasteiger partial charge on any atom is 0.161 e. The van der Waals surface area contributed by atoms with Crippen molar-refractivity contribution < 1.29 is 9.47 Å². The molecule has 0 spiro atoms. The molecule has 0 bridgehead atoms. The molecule has 0 saturated heterocycles. The second-order valence-corrected chi connectivity index (χ2v) is 5.18. The van der Waals surface area contributed by atoms with E-state index in [1.807, 2.05) is 12.1 Å². The summed E-state index contributed by atoms with van der Waals surface area (Å²) in [4.78, 5) is 0. The summed E-state index contributed by atoms with van der Waals surface area (Å²) in [5, 5.41) is 3.53. The molecule has 106 valence electrons. The van der Waals surface area contributed by atoms with Crippen LogP contribution in [0.25, 0.3) is 0 Å². The van der Waals surface area contributed by atoms with Crippen molar-refractivity contribution >= 4 is 0 Å². The van der Waals surface area contributed by atoms with E-state index in [0.29, 0.717) is 6.61 Å². The average Bonchev–Trinajstić information content (AvgIpc) is 2.43. The summed E-state index contributed by atoms with van der Waals surface area (Å²) in [6.45, 7) is 11.5. The van der Waals surface area contributed by atoms with Gasteiger partial charge >= 0.3 is 0 Å². The van der Waals surface area contributed by atoms with Crippen molar-refractivity contribution in [3.8, 4) is 11.5 Å². The van der Waals surface area contributed by atoms with E-state index in [1.54, 1.807) is 13.2 Å². The van der Waals surface area contributed by atoms with Gasteiger partial charge in [0, 0.05) is 12.1 Å². The Balaban J connectivity index is 2.73. The molecule has 0 radical (unpaired) electrons. The molecule has 0 unspecified atom stereocenters. The van der Waals surface area contributed by atoms with Crippen molar-refractivity contribution in [1.82, 2.24) is 5.32 Å². The van der Waals surface area contributed by atoms with E-state index < -0.39 is 0 Å². The number of hydrogen-bond acceptors (Lipinski definition) is 3. The fourth-order valence-corrected chi connectivity index (χ4v) is 1.56. The van der Waals surface area contributed by atoms with Gasteiger partial charge in [-0.1, -0.05) is 25.6 Å². The van der Waals surface area contributed by atoms with Crippen LogP contribution in [-0.4, -0.2) is 19.3 Å². The molecular weight excluding hydrogens is 238 g/mol. The number of ether oxygens (including phenoxy) is 2. The lowest BCUT2D eigenvalue weighted by Gasteiger charge is -2.24. The molecule has 0 aliphatic rings. The molecule has 3 nitrogen and oxygen atoms in total. The van der Waals surface area contributed by atoms with Gasteiger partial charge in [-0.05, 0) is 38.0 Å². The minimum absolute atomic E-state index is 0.144. The highest BCUT2D eigenvalue weighted by Crippen LogP contribution is 2.28. The quantitative estimate of drug-likeness (QED) is 0.728. The molecule has 0 aromatic heterocycles. The van der Waals surface area contributed by atoms with Crippen LogP contribution in [0, 0.1) is 0 Å². The highest BCUT2D eigenvalue weighted by Gasteiger charge is 2.14. The maximum atomic E-state index is 5.54. The van der Waals surface area contributed by atoms with Crippen molar-refractivity contribution in [1.29, 1.82) is 0 Å². The number of methoxy groups -OCH3 is 1. The first kappa shape index (κ1) is 15.6. The molecule has 1 N–H and O–H groups in total. The maximum absolute atomic E-state index is 5.54. The molecule has 1 rings (SSSR count). The van der Waals surface area contributed by atoms with Crippen LogP contribution in [0.4, 0.5) is 0 Å². The van der Waals surface area contributed by atoms with Gasteiger partial charge in [0.1, 0.15) is 6.61 Å². The number of rotatable bonds is 8. The Hall–Kier alpha value is -1.48. The topological polar surface area (TPSA) is 30.5 Å². The largest absolute Gasteiger partial charge is 0.493 e. The molecule has 0 aliphatic carbocycles. The first-order valence-electron chi connectivity index (χ1n) is 6.68. The van der Waals surface area contributed by atoms with Crippen LogP contribution < -0.4 is 14.8 Å². The standard InChI is InChI=1S/C16H25NO2/c1-6-10-19-14-9-8-13(11-15(14)18-5)12-17-16(3,4)7-2/h6,8-9,11,17H,1,7,10,12H2,2-5H3. The van der Waals surface area contributed by atoms with Crippen LogP contribution in [-0.2, 0) is 6.54 Å². The zero-order valence-electron chi connectivity index (χ0n) is 12.5. The van der Waals surface area contributed by atoms with Crippen LogP contribution in [0.2, 0.25) is 0 Å². The van der Waals surface area contributed by atoms with Crippen molar-refractivity contribution in [2.24, 2.45) is 0 Å². The molecule has 0 atom stereocenters.